The van der Waals surface area contributed by atoms with Gasteiger partial charge in [-0.1, -0.05) is 0 Å². The van der Waals surface area contributed by atoms with Crippen molar-refractivity contribution >= 4 is 172 Å². The van der Waals surface area contributed by atoms with Crippen molar-refractivity contribution < 1.29 is 123 Å². The number of carbonyl (C=O) groups excluding carboxylic acids is 3. The van der Waals surface area contributed by atoms with Crippen LogP contribution in [0.3, 0.4) is 0 Å². The standard InChI is InChI=1S/C6H8O7.3K.3Na.3H/c7-3(8)1-6(13,5(11)12)2-4(9)10;;;;;;;;;/h13H,1-2H2,(H,7,8)(H,9,10)(H,11,12);;;;;;;;;/q;;;;3*+1;;;/p-3. The maximum Gasteiger partial charge on any atom is 1.00 e. The van der Waals surface area contributed by atoms with Crippen molar-refractivity contribution in [2.75, 3.05) is 0 Å². The van der Waals surface area contributed by atoms with Gasteiger partial charge in [-0.25, -0.2) is 0 Å². The zero-order valence-electron chi connectivity index (χ0n) is 9.31. The average Bonchev–Trinajstić information content (AvgIpc) is 1.82. The smallest absolute Gasteiger partial charge is 1.00 e. The molecule has 0 rings (SSSR count). The minimum Gasteiger partial charge on any atom is 1.00 e. The average molecular weight is 378 g/mol. The molecule has 0 unspecified atom stereocenters. The summed E-state index contributed by atoms with van der Waals surface area (Å²) in [5.41, 5.74) is -2.97. The van der Waals surface area contributed by atoms with Crippen LogP contribution in [0, 0.1) is 0 Å². The summed E-state index contributed by atoms with van der Waals surface area (Å²) in [6, 6.07) is 0. The molecule has 0 aromatic rings. The molecule has 0 atom stereocenters. The van der Waals surface area contributed by atoms with E-state index in [4.69, 9.17) is 5.11 Å². The first kappa shape index (κ1) is 44.6. The van der Waals surface area contributed by atoms with Crippen LogP contribution in [0.25, 0.3) is 0 Å². The van der Waals surface area contributed by atoms with E-state index >= 15 is 0 Å². The minimum absolute atomic E-state index is 0. The summed E-state index contributed by atoms with van der Waals surface area (Å²) < 4.78 is 0. The van der Waals surface area contributed by atoms with Crippen LogP contribution in [0.4, 0.5) is 0 Å². The summed E-state index contributed by atoms with van der Waals surface area (Å²) in [6.07, 6.45) is -2.72. The van der Waals surface area contributed by atoms with Crippen LogP contribution in [-0.4, -0.2) is 183 Å². The van der Waals surface area contributed by atoms with Crippen molar-refractivity contribution in [2.24, 2.45) is 0 Å². The zero-order chi connectivity index (χ0) is 10.6. The normalized spacial score (nSPS) is 7.42. The molecule has 0 aromatic carbocycles. The van der Waals surface area contributed by atoms with Crippen molar-refractivity contribution in [1.29, 1.82) is 0 Å². The van der Waals surface area contributed by atoms with E-state index in [2.05, 4.69) is 0 Å². The monoisotopic (exact) mass is 378 g/mol. The molecule has 7 nitrogen and oxygen atoms in total. The summed E-state index contributed by atoms with van der Waals surface area (Å²) in [7, 11) is 0. The minimum atomic E-state index is -2.97. The summed E-state index contributed by atoms with van der Waals surface area (Å²) in [5, 5.41) is 38.9. The summed E-state index contributed by atoms with van der Waals surface area (Å²) in [4.78, 5) is 30.0. The van der Waals surface area contributed by atoms with E-state index in [0.29, 0.717) is 0 Å². The van der Waals surface area contributed by atoms with Gasteiger partial charge in [0.1, 0.15) is 5.60 Å². The van der Waals surface area contributed by atoms with E-state index in [-0.39, 0.29) is 243 Å². The van der Waals surface area contributed by atoms with E-state index in [1.165, 1.54) is 0 Å². The molecule has 0 saturated heterocycles. The Hall–Kier alpha value is 6.28. The molecule has 0 saturated carbocycles. The van der Waals surface area contributed by atoms with Crippen molar-refractivity contribution in [3.05, 3.63) is 0 Å². The molecule has 0 fully saturated rings. The van der Waals surface area contributed by atoms with Gasteiger partial charge in [0.05, 0.1) is 5.97 Å². The maximum atomic E-state index is 10.1. The Morgan fingerprint density at radius 2 is 1.00 bits per heavy atom. The molecule has 19 heavy (non-hydrogen) atoms. The van der Waals surface area contributed by atoms with Crippen LogP contribution < -0.4 is 104 Å². The number of rotatable bonds is 5. The van der Waals surface area contributed by atoms with E-state index in [1.807, 2.05) is 0 Å². The molecule has 0 aliphatic rings. The Labute approximate surface area is 304 Å². The molecular formula is C6H8K3Na3O7. The fourth-order valence-corrected chi connectivity index (χ4v) is 0.684. The third kappa shape index (κ3) is 24.3. The third-order valence-corrected chi connectivity index (χ3v) is 1.25. The van der Waals surface area contributed by atoms with Gasteiger partial charge in [0.2, 0.25) is 0 Å². The Balaban J connectivity index is -0.0000000480. The van der Waals surface area contributed by atoms with Crippen LogP contribution in [0.2, 0.25) is 0 Å². The number of carboxylic acid groups (broad SMARTS) is 3. The second-order valence-electron chi connectivity index (χ2n) is 2.42. The fraction of sp³-hybridized carbons (Fsp3) is 0.500. The number of aliphatic carboxylic acids is 3. The summed E-state index contributed by atoms with van der Waals surface area (Å²) in [5.74, 6) is -5.98. The van der Waals surface area contributed by atoms with E-state index in [9.17, 15) is 29.7 Å². The summed E-state index contributed by atoms with van der Waals surface area (Å²) >= 11 is 0. The number of carboxylic acids is 3. The first-order chi connectivity index (χ1) is 5.78. The largest absolute Gasteiger partial charge is 1.00 e. The van der Waals surface area contributed by atoms with Gasteiger partial charge in [-0.05, 0) is 0 Å². The quantitative estimate of drug-likeness (QED) is 0.468. The molecule has 0 amide bonds. The van der Waals surface area contributed by atoms with Gasteiger partial charge >= 0.3 is 243 Å². The molecule has 0 radical (unpaired) electrons. The Morgan fingerprint density at radius 3 is 1.11 bits per heavy atom. The molecule has 0 aromatic heterocycles. The van der Waals surface area contributed by atoms with Gasteiger partial charge in [0.25, 0.3) is 0 Å². The van der Waals surface area contributed by atoms with Crippen LogP contribution in [0.5, 0.6) is 0 Å². The van der Waals surface area contributed by atoms with Crippen LogP contribution in [-0.2, 0) is 14.4 Å². The predicted octanol–water partition coefficient (Wildman–Crippen LogP) is -16.2. The van der Waals surface area contributed by atoms with E-state index < -0.39 is 36.4 Å². The number of hydrogen-bond donors (Lipinski definition) is 1. The molecule has 13 heteroatoms. The molecule has 0 aliphatic heterocycles. The van der Waals surface area contributed by atoms with Crippen molar-refractivity contribution in [3.63, 3.8) is 0 Å². The van der Waals surface area contributed by atoms with E-state index in [0.717, 1.165) is 0 Å². The van der Waals surface area contributed by atoms with Gasteiger partial charge in [-0.15, -0.1) is 0 Å². The molecule has 0 bridgehead atoms. The molecule has 80 valence electrons. The SMILES string of the molecule is O=C([O-])CC(O)(CC(=O)[O-])C(=O)[O-].[KH].[KH].[KH].[Na+].[Na+].[Na+]. The Kier molecular flexibility index (Phi) is 57.0. The van der Waals surface area contributed by atoms with Crippen molar-refractivity contribution in [3.8, 4) is 0 Å². The number of aliphatic hydroxyl groups is 1. The first-order valence-corrected chi connectivity index (χ1v) is 3.11. The number of carbonyl (C=O) groups is 3. The molecule has 1 N–H and O–H groups in total. The second kappa shape index (κ2) is 24.3. The van der Waals surface area contributed by atoms with Crippen molar-refractivity contribution in [1.82, 2.24) is 0 Å². The maximum absolute atomic E-state index is 10.1. The molecule has 0 spiro atoms. The van der Waals surface area contributed by atoms with Crippen LogP contribution in [0.1, 0.15) is 12.8 Å². The van der Waals surface area contributed by atoms with E-state index in [1.54, 1.807) is 0 Å². The van der Waals surface area contributed by atoms with Crippen molar-refractivity contribution in [2.45, 2.75) is 18.4 Å². The molecule has 0 heterocycles. The zero-order valence-corrected chi connectivity index (χ0v) is 15.3. The van der Waals surface area contributed by atoms with Gasteiger partial charge < -0.3 is 34.8 Å². The van der Waals surface area contributed by atoms with Gasteiger partial charge in [-0.3, -0.25) is 0 Å². The summed E-state index contributed by atoms with van der Waals surface area (Å²) in [6.45, 7) is 0. The third-order valence-electron chi connectivity index (χ3n) is 1.25. The van der Waals surface area contributed by atoms with Gasteiger partial charge in [0, 0.05) is 24.8 Å². The van der Waals surface area contributed by atoms with Gasteiger partial charge in [-0.2, -0.15) is 0 Å². The number of hydrogen-bond acceptors (Lipinski definition) is 7. The molecule has 0 aliphatic carbocycles. The van der Waals surface area contributed by atoms with Crippen LogP contribution in [0.15, 0.2) is 0 Å². The van der Waals surface area contributed by atoms with Gasteiger partial charge in [0.15, 0.2) is 0 Å². The molecular weight excluding hydrogens is 370 g/mol. The Bertz CT molecular complexity index is 250. The first-order valence-electron chi connectivity index (χ1n) is 3.11. The fourth-order valence-electron chi connectivity index (χ4n) is 0.684. The Morgan fingerprint density at radius 1 is 0.789 bits per heavy atom. The second-order valence-corrected chi connectivity index (χ2v) is 2.42. The predicted molar refractivity (Wildman–Crippen MR) is 50.7 cm³/mol. The van der Waals surface area contributed by atoms with Crippen LogP contribution >= 0.6 is 0 Å². The topological polar surface area (TPSA) is 141 Å².